The van der Waals surface area contributed by atoms with Crippen molar-refractivity contribution < 1.29 is 14.3 Å². The number of hydrazine groups is 1. The summed E-state index contributed by atoms with van der Waals surface area (Å²) in [4.78, 5) is 32.1. The second kappa shape index (κ2) is 9.84. The monoisotopic (exact) mass is 406 g/mol. The van der Waals surface area contributed by atoms with Crippen molar-refractivity contribution in [3.05, 3.63) is 71.4 Å². The van der Waals surface area contributed by atoms with Crippen LogP contribution in [0.4, 0.5) is 0 Å². The van der Waals surface area contributed by atoms with Gasteiger partial charge < -0.3 is 4.74 Å². The Balaban J connectivity index is 1.89. The van der Waals surface area contributed by atoms with E-state index in [1.807, 2.05) is 73.3 Å². The van der Waals surface area contributed by atoms with Crippen LogP contribution in [0.2, 0.25) is 0 Å². The van der Waals surface area contributed by atoms with Crippen LogP contribution >= 0.6 is 0 Å². The highest BCUT2D eigenvalue weighted by Crippen LogP contribution is 2.22. The van der Waals surface area contributed by atoms with Gasteiger partial charge in [0.25, 0.3) is 11.8 Å². The van der Waals surface area contributed by atoms with Crippen LogP contribution in [0.15, 0.2) is 65.3 Å². The van der Waals surface area contributed by atoms with Crippen molar-refractivity contribution in [1.29, 1.82) is 0 Å². The lowest BCUT2D eigenvalue weighted by Gasteiger charge is -2.22. The number of aliphatic imine (C=N–C) groups is 1. The van der Waals surface area contributed by atoms with Crippen molar-refractivity contribution in [2.24, 2.45) is 4.99 Å². The van der Waals surface area contributed by atoms with Gasteiger partial charge in [0.2, 0.25) is 0 Å². The molecule has 3 rings (SSSR count). The molecule has 0 bridgehead atoms. The van der Waals surface area contributed by atoms with Gasteiger partial charge in [-0.05, 0) is 36.9 Å². The third kappa shape index (κ3) is 4.93. The van der Waals surface area contributed by atoms with Crippen LogP contribution in [0, 0.1) is 0 Å². The summed E-state index contributed by atoms with van der Waals surface area (Å²) in [6.07, 6.45) is 1.70. The van der Waals surface area contributed by atoms with Gasteiger partial charge in [0.1, 0.15) is 11.4 Å². The van der Waals surface area contributed by atoms with Gasteiger partial charge in [-0.3, -0.25) is 19.9 Å². The minimum atomic E-state index is -0.377. The Kier molecular flexibility index (Phi) is 6.98. The smallest absolute Gasteiger partial charge is 0.297 e. The maximum Gasteiger partial charge on any atom is 0.297 e. The fraction of sp³-hybridized carbons (Fsp3) is 0.261. The van der Waals surface area contributed by atoms with E-state index in [4.69, 9.17) is 4.74 Å². The van der Waals surface area contributed by atoms with Crippen LogP contribution in [0.25, 0.3) is 6.08 Å². The number of benzene rings is 2. The molecule has 30 heavy (non-hydrogen) atoms. The molecule has 0 aromatic heterocycles. The number of nitrogens with zero attached hydrogens (tertiary/aromatic N) is 3. The van der Waals surface area contributed by atoms with Crippen LogP contribution in [0.5, 0.6) is 5.75 Å². The van der Waals surface area contributed by atoms with E-state index in [-0.39, 0.29) is 24.1 Å². The SMILES string of the molecule is CCN(CC)CC(=O)NN1C(=O)C(=Cc2ccc(OC)cc2)N=C1c1ccccc1. The van der Waals surface area contributed by atoms with Gasteiger partial charge in [0.05, 0.1) is 13.7 Å². The van der Waals surface area contributed by atoms with Crippen LogP contribution in [-0.2, 0) is 9.59 Å². The molecule has 0 atom stereocenters. The summed E-state index contributed by atoms with van der Waals surface area (Å²) in [5.41, 5.74) is 4.53. The molecule has 2 aromatic rings. The number of nitrogens with one attached hydrogen (secondary N) is 1. The molecule has 0 fully saturated rings. The molecule has 1 aliphatic heterocycles. The second-order valence-electron chi connectivity index (χ2n) is 6.74. The highest BCUT2D eigenvalue weighted by atomic mass is 16.5. The standard InChI is InChI=1S/C23H26N4O3/c1-4-26(5-2)16-21(28)25-27-22(18-9-7-6-8-10-18)24-20(23(27)29)15-17-11-13-19(30-3)14-12-17/h6-15H,4-5,16H2,1-3H3,(H,25,28). The number of likely N-dealkylation sites (N-methyl/N-ethyl adjacent to an activating group) is 1. The lowest BCUT2D eigenvalue weighted by Crippen LogP contribution is -2.50. The predicted molar refractivity (Wildman–Crippen MR) is 117 cm³/mol. The van der Waals surface area contributed by atoms with Crippen LogP contribution < -0.4 is 10.2 Å². The number of ether oxygens (including phenoxy) is 1. The molecule has 1 aliphatic rings. The van der Waals surface area contributed by atoms with Gasteiger partial charge in [0.15, 0.2) is 5.84 Å². The largest absolute Gasteiger partial charge is 0.497 e. The maximum absolute atomic E-state index is 13.1. The topological polar surface area (TPSA) is 74.2 Å². The molecule has 7 nitrogen and oxygen atoms in total. The molecular formula is C23H26N4O3. The zero-order valence-electron chi connectivity index (χ0n) is 17.5. The quantitative estimate of drug-likeness (QED) is 0.684. The number of methoxy groups -OCH3 is 1. The first-order valence-corrected chi connectivity index (χ1v) is 9.91. The molecule has 1 N–H and O–H groups in total. The van der Waals surface area contributed by atoms with Gasteiger partial charge in [0, 0.05) is 5.56 Å². The summed E-state index contributed by atoms with van der Waals surface area (Å²) in [5, 5.41) is 1.23. The van der Waals surface area contributed by atoms with E-state index in [9.17, 15) is 9.59 Å². The molecule has 0 spiro atoms. The minimum absolute atomic E-state index is 0.205. The molecule has 0 aliphatic carbocycles. The fourth-order valence-electron chi connectivity index (χ4n) is 3.07. The zero-order valence-corrected chi connectivity index (χ0v) is 17.5. The van der Waals surface area contributed by atoms with Crippen LogP contribution in [0.3, 0.4) is 0 Å². The van der Waals surface area contributed by atoms with E-state index in [0.29, 0.717) is 5.84 Å². The van der Waals surface area contributed by atoms with Gasteiger partial charge in [-0.25, -0.2) is 4.99 Å². The number of carbonyl (C=O) groups excluding carboxylic acids is 2. The third-order valence-corrected chi connectivity index (χ3v) is 4.81. The Morgan fingerprint density at radius 1 is 1.10 bits per heavy atom. The van der Waals surface area contributed by atoms with Crippen LogP contribution in [-0.4, -0.2) is 54.3 Å². The zero-order chi connectivity index (χ0) is 21.5. The Labute approximate surface area is 176 Å². The number of amidine groups is 1. The first-order chi connectivity index (χ1) is 14.5. The van der Waals surface area contributed by atoms with E-state index in [0.717, 1.165) is 30.0 Å². The first kappa shape index (κ1) is 21.3. The molecule has 0 unspecified atom stereocenters. The van der Waals surface area contributed by atoms with Crippen molar-refractivity contribution in [3.63, 3.8) is 0 Å². The Hall–Kier alpha value is -3.45. The van der Waals surface area contributed by atoms with Crippen molar-refractivity contribution in [2.45, 2.75) is 13.8 Å². The Morgan fingerprint density at radius 3 is 2.37 bits per heavy atom. The predicted octanol–water partition coefficient (Wildman–Crippen LogP) is 2.70. The first-order valence-electron chi connectivity index (χ1n) is 9.91. The molecule has 7 heteroatoms. The Morgan fingerprint density at radius 2 is 1.77 bits per heavy atom. The highest BCUT2D eigenvalue weighted by Gasteiger charge is 2.32. The van der Waals surface area contributed by atoms with Gasteiger partial charge in [-0.1, -0.05) is 56.3 Å². The number of amides is 2. The van der Waals surface area contributed by atoms with E-state index in [1.54, 1.807) is 13.2 Å². The van der Waals surface area contributed by atoms with Gasteiger partial charge >= 0.3 is 0 Å². The number of rotatable bonds is 8. The van der Waals surface area contributed by atoms with Gasteiger partial charge in [-0.15, -0.1) is 0 Å². The molecule has 2 aromatic carbocycles. The summed E-state index contributed by atoms with van der Waals surface area (Å²) in [6.45, 7) is 5.69. The molecule has 0 saturated carbocycles. The molecule has 156 valence electrons. The maximum atomic E-state index is 13.1. The third-order valence-electron chi connectivity index (χ3n) is 4.81. The molecule has 1 heterocycles. The number of hydrogen-bond donors (Lipinski definition) is 1. The second-order valence-corrected chi connectivity index (χ2v) is 6.74. The van der Waals surface area contributed by atoms with Crippen molar-refractivity contribution in [1.82, 2.24) is 15.3 Å². The molecule has 0 saturated heterocycles. The number of hydrogen-bond acceptors (Lipinski definition) is 5. The molecule has 0 radical (unpaired) electrons. The fourth-order valence-corrected chi connectivity index (χ4v) is 3.07. The lowest BCUT2D eigenvalue weighted by atomic mass is 10.2. The molecule has 2 amide bonds. The average Bonchev–Trinajstić information content (AvgIpc) is 3.08. The van der Waals surface area contributed by atoms with Crippen molar-refractivity contribution >= 4 is 23.7 Å². The van der Waals surface area contributed by atoms with E-state index in [2.05, 4.69) is 10.4 Å². The normalized spacial score (nSPS) is 14.9. The summed E-state index contributed by atoms with van der Waals surface area (Å²) >= 11 is 0. The summed E-state index contributed by atoms with van der Waals surface area (Å²) < 4.78 is 5.17. The summed E-state index contributed by atoms with van der Waals surface area (Å²) in [7, 11) is 1.60. The average molecular weight is 406 g/mol. The lowest BCUT2D eigenvalue weighted by molar-refractivity contribution is -0.133. The van der Waals surface area contributed by atoms with E-state index >= 15 is 0 Å². The van der Waals surface area contributed by atoms with Crippen molar-refractivity contribution in [2.75, 3.05) is 26.7 Å². The molecular weight excluding hydrogens is 380 g/mol. The summed E-state index contributed by atoms with van der Waals surface area (Å²) in [5.74, 6) is 0.487. The van der Waals surface area contributed by atoms with Crippen LogP contribution in [0.1, 0.15) is 25.0 Å². The number of carbonyl (C=O) groups is 2. The van der Waals surface area contributed by atoms with E-state index in [1.165, 1.54) is 5.01 Å². The van der Waals surface area contributed by atoms with E-state index < -0.39 is 0 Å². The minimum Gasteiger partial charge on any atom is -0.497 e. The highest BCUT2D eigenvalue weighted by molar-refractivity contribution is 6.20. The summed E-state index contributed by atoms with van der Waals surface area (Å²) in [6, 6.07) is 16.6. The van der Waals surface area contributed by atoms with Crippen molar-refractivity contribution in [3.8, 4) is 5.75 Å². The van der Waals surface area contributed by atoms with Gasteiger partial charge in [-0.2, -0.15) is 5.01 Å². The Bertz CT molecular complexity index is 948.